The van der Waals surface area contributed by atoms with Crippen molar-refractivity contribution in [2.75, 3.05) is 30.9 Å². The zero-order valence-electron chi connectivity index (χ0n) is 11.2. The Morgan fingerprint density at radius 1 is 1.16 bits per heavy atom. The SMILES string of the molecule is CN(C)c1ccc(CCNc2ccnc(Cl)c2)cc1. The molecule has 0 atom stereocenters. The third kappa shape index (κ3) is 4.14. The lowest BCUT2D eigenvalue weighted by atomic mass is 10.1. The molecule has 0 amide bonds. The van der Waals surface area contributed by atoms with Gasteiger partial charge in [-0.1, -0.05) is 23.7 Å². The molecular formula is C15H18ClN3. The summed E-state index contributed by atoms with van der Waals surface area (Å²) in [5, 5.41) is 3.85. The van der Waals surface area contributed by atoms with Gasteiger partial charge in [0, 0.05) is 38.2 Å². The van der Waals surface area contributed by atoms with E-state index in [9.17, 15) is 0 Å². The van der Waals surface area contributed by atoms with Crippen LogP contribution in [0, 0.1) is 0 Å². The summed E-state index contributed by atoms with van der Waals surface area (Å²) in [6, 6.07) is 12.3. The predicted molar refractivity (Wildman–Crippen MR) is 82.2 cm³/mol. The lowest BCUT2D eigenvalue weighted by Gasteiger charge is -2.13. The molecule has 0 aliphatic heterocycles. The van der Waals surface area contributed by atoms with Gasteiger partial charge in [0.15, 0.2) is 0 Å². The minimum Gasteiger partial charge on any atom is -0.385 e. The van der Waals surface area contributed by atoms with Gasteiger partial charge in [-0.15, -0.1) is 0 Å². The average molecular weight is 276 g/mol. The highest BCUT2D eigenvalue weighted by molar-refractivity contribution is 6.29. The Kier molecular flexibility index (Phi) is 4.63. The number of anilines is 2. The number of rotatable bonds is 5. The first-order chi connectivity index (χ1) is 9.15. The summed E-state index contributed by atoms with van der Waals surface area (Å²) in [5.41, 5.74) is 3.54. The van der Waals surface area contributed by atoms with Crippen molar-refractivity contribution in [2.24, 2.45) is 0 Å². The quantitative estimate of drug-likeness (QED) is 0.847. The van der Waals surface area contributed by atoms with Crippen molar-refractivity contribution >= 4 is 23.0 Å². The zero-order chi connectivity index (χ0) is 13.7. The predicted octanol–water partition coefficient (Wildman–Crippen LogP) is 3.46. The fourth-order valence-electron chi connectivity index (χ4n) is 1.82. The summed E-state index contributed by atoms with van der Waals surface area (Å²) in [6.07, 6.45) is 2.68. The van der Waals surface area contributed by atoms with Crippen LogP contribution in [0.5, 0.6) is 0 Å². The van der Waals surface area contributed by atoms with Gasteiger partial charge in [-0.3, -0.25) is 0 Å². The highest BCUT2D eigenvalue weighted by atomic mass is 35.5. The number of hydrogen-bond acceptors (Lipinski definition) is 3. The highest BCUT2D eigenvalue weighted by Gasteiger charge is 1.97. The van der Waals surface area contributed by atoms with Crippen molar-refractivity contribution in [3.8, 4) is 0 Å². The molecule has 0 fully saturated rings. The number of benzene rings is 1. The summed E-state index contributed by atoms with van der Waals surface area (Å²) in [6.45, 7) is 0.877. The highest BCUT2D eigenvalue weighted by Crippen LogP contribution is 2.14. The van der Waals surface area contributed by atoms with Crippen LogP contribution in [-0.2, 0) is 6.42 Å². The van der Waals surface area contributed by atoms with Crippen LogP contribution in [0.25, 0.3) is 0 Å². The van der Waals surface area contributed by atoms with Crippen molar-refractivity contribution in [2.45, 2.75) is 6.42 Å². The molecule has 1 N–H and O–H groups in total. The molecule has 100 valence electrons. The average Bonchev–Trinajstić information content (AvgIpc) is 2.39. The summed E-state index contributed by atoms with van der Waals surface area (Å²) in [5.74, 6) is 0. The normalized spacial score (nSPS) is 10.3. The van der Waals surface area contributed by atoms with E-state index in [0.717, 1.165) is 18.7 Å². The van der Waals surface area contributed by atoms with Crippen molar-refractivity contribution in [1.82, 2.24) is 4.98 Å². The molecule has 2 rings (SSSR count). The Morgan fingerprint density at radius 3 is 2.53 bits per heavy atom. The Bertz CT molecular complexity index is 523. The zero-order valence-corrected chi connectivity index (χ0v) is 12.0. The Hall–Kier alpha value is -1.74. The maximum absolute atomic E-state index is 5.83. The second kappa shape index (κ2) is 6.43. The second-order valence-electron chi connectivity index (χ2n) is 4.60. The molecule has 0 saturated carbocycles. The van der Waals surface area contributed by atoms with Crippen LogP contribution in [0.1, 0.15) is 5.56 Å². The van der Waals surface area contributed by atoms with E-state index in [2.05, 4.69) is 39.5 Å². The first-order valence-corrected chi connectivity index (χ1v) is 6.64. The number of nitrogens with one attached hydrogen (secondary N) is 1. The van der Waals surface area contributed by atoms with E-state index < -0.39 is 0 Å². The Morgan fingerprint density at radius 2 is 1.89 bits per heavy atom. The molecule has 0 bridgehead atoms. The Labute approximate surface area is 119 Å². The van der Waals surface area contributed by atoms with Crippen LogP contribution in [0.4, 0.5) is 11.4 Å². The van der Waals surface area contributed by atoms with Crippen LogP contribution in [0.15, 0.2) is 42.6 Å². The summed E-state index contributed by atoms with van der Waals surface area (Å²) < 4.78 is 0. The van der Waals surface area contributed by atoms with E-state index in [1.165, 1.54) is 11.3 Å². The van der Waals surface area contributed by atoms with Gasteiger partial charge in [0.2, 0.25) is 0 Å². The monoisotopic (exact) mass is 275 g/mol. The van der Waals surface area contributed by atoms with Crippen molar-refractivity contribution in [1.29, 1.82) is 0 Å². The first kappa shape index (κ1) is 13.7. The maximum atomic E-state index is 5.83. The molecule has 19 heavy (non-hydrogen) atoms. The van der Waals surface area contributed by atoms with Gasteiger partial charge in [0.1, 0.15) is 5.15 Å². The number of pyridine rings is 1. The molecule has 2 aromatic rings. The molecule has 1 heterocycles. The third-order valence-corrected chi connectivity index (χ3v) is 3.13. The maximum Gasteiger partial charge on any atom is 0.131 e. The van der Waals surface area contributed by atoms with E-state index >= 15 is 0 Å². The molecule has 4 heteroatoms. The van der Waals surface area contributed by atoms with Gasteiger partial charge in [-0.2, -0.15) is 0 Å². The molecule has 0 spiro atoms. The first-order valence-electron chi connectivity index (χ1n) is 6.27. The third-order valence-electron chi connectivity index (χ3n) is 2.92. The standard InChI is InChI=1S/C15H18ClN3/c1-19(2)14-5-3-12(4-6-14)7-9-17-13-8-10-18-15(16)11-13/h3-6,8,10-11H,7,9H2,1-2H3,(H,17,18). The fraction of sp³-hybridized carbons (Fsp3) is 0.267. The van der Waals surface area contributed by atoms with E-state index in [4.69, 9.17) is 11.6 Å². The number of nitrogens with zero attached hydrogens (tertiary/aromatic N) is 2. The lowest BCUT2D eigenvalue weighted by molar-refractivity contribution is 1.02. The van der Waals surface area contributed by atoms with Crippen molar-refractivity contribution < 1.29 is 0 Å². The van der Waals surface area contributed by atoms with Crippen LogP contribution < -0.4 is 10.2 Å². The van der Waals surface area contributed by atoms with Gasteiger partial charge in [0.05, 0.1) is 0 Å². The smallest absolute Gasteiger partial charge is 0.131 e. The summed E-state index contributed by atoms with van der Waals surface area (Å²) >= 11 is 5.83. The molecule has 0 saturated heterocycles. The van der Waals surface area contributed by atoms with Crippen LogP contribution in [0.3, 0.4) is 0 Å². The van der Waals surface area contributed by atoms with Crippen LogP contribution in [0.2, 0.25) is 5.15 Å². The fourth-order valence-corrected chi connectivity index (χ4v) is 2.00. The minimum atomic E-state index is 0.514. The number of halogens is 1. The lowest BCUT2D eigenvalue weighted by Crippen LogP contribution is -2.09. The number of aromatic nitrogens is 1. The molecule has 1 aromatic carbocycles. The molecule has 1 aromatic heterocycles. The second-order valence-corrected chi connectivity index (χ2v) is 4.99. The molecule has 0 unspecified atom stereocenters. The molecule has 3 nitrogen and oxygen atoms in total. The van der Waals surface area contributed by atoms with Crippen LogP contribution in [-0.4, -0.2) is 25.6 Å². The van der Waals surface area contributed by atoms with E-state index in [1.807, 2.05) is 26.2 Å². The van der Waals surface area contributed by atoms with Crippen molar-refractivity contribution in [3.63, 3.8) is 0 Å². The topological polar surface area (TPSA) is 28.2 Å². The molecule has 0 aliphatic carbocycles. The van der Waals surface area contributed by atoms with E-state index in [-0.39, 0.29) is 0 Å². The van der Waals surface area contributed by atoms with Gasteiger partial charge < -0.3 is 10.2 Å². The molecule has 0 radical (unpaired) electrons. The molecule has 0 aliphatic rings. The Balaban J connectivity index is 1.85. The summed E-state index contributed by atoms with van der Waals surface area (Å²) in [4.78, 5) is 6.05. The number of hydrogen-bond donors (Lipinski definition) is 1. The van der Waals surface area contributed by atoms with Gasteiger partial charge in [0.25, 0.3) is 0 Å². The van der Waals surface area contributed by atoms with Crippen molar-refractivity contribution in [3.05, 3.63) is 53.3 Å². The van der Waals surface area contributed by atoms with E-state index in [1.54, 1.807) is 6.20 Å². The minimum absolute atomic E-state index is 0.514. The molecular weight excluding hydrogens is 258 g/mol. The summed E-state index contributed by atoms with van der Waals surface area (Å²) in [7, 11) is 4.09. The van der Waals surface area contributed by atoms with E-state index in [0.29, 0.717) is 5.15 Å². The largest absolute Gasteiger partial charge is 0.385 e. The van der Waals surface area contributed by atoms with Gasteiger partial charge in [-0.05, 0) is 36.2 Å². The van der Waals surface area contributed by atoms with Gasteiger partial charge in [-0.25, -0.2) is 4.98 Å². The van der Waals surface area contributed by atoms with Gasteiger partial charge >= 0.3 is 0 Å². The van der Waals surface area contributed by atoms with Crippen LogP contribution >= 0.6 is 11.6 Å².